The van der Waals surface area contributed by atoms with Gasteiger partial charge in [-0.2, -0.15) is 0 Å². The van der Waals surface area contributed by atoms with E-state index in [1.54, 1.807) is 7.11 Å². The van der Waals surface area contributed by atoms with Gasteiger partial charge in [-0.3, -0.25) is 4.79 Å². The number of ether oxygens (including phenoxy) is 1. The molecule has 0 unspecified atom stereocenters. The van der Waals surface area contributed by atoms with Gasteiger partial charge in [-0.25, -0.2) is 0 Å². The minimum atomic E-state index is 0.176. The van der Waals surface area contributed by atoms with E-state index in [1.165, 1.54) is 11.3 Å². The van der Waals surface area contributed by atoms with Crippen molar-refractivity contribution in [3.05, 3.63) is 29.3 Å². The smallest absolute Gasteiger partial charge is 0.253 e. The van der Waals surface area contributed by atoms with Gasteiger partial charge in [0.15, 0.2) is 0 Å². The predicted octanol–water partition coefficient (Wildman–Crippen LogP) is 2.15. The summed E-state index contributed by atoms with van der Waals surface area (Å²) in [7, 11) is 1.75. The van der Waals surface area contributed by atoms with E-state index in [0.29, 0.717) is 5.92 Å². The maximum absolute atomic E-state index is 12.5. The summed E-state index contributed by atoms with van der Waals surface area (Å²) < 4.78 is 5.20. The molecule has 1 saturated heterocycles. The van der Waals surface area contributed by atoms with Crippen LogP contribution in [0.4, 0.5) is 5.69 Å². The van der Waals surface area contributed by atoms with Crippen molar-refractivity contribution in [2.45, 2.75) is 19.3 Å². The van der Waals surface area contributed by atoms with E-state index in [1.807, 2.05) is 17.0 Å². The molecule has 0 atom stereocenters. The van der Waals surface area contributed by atoms with E-state index in [-0.39, 0.29) is 5.91 Å². The molecule has 0 aliphatic carbocycles. The van der Waals surface area contributed by atoms with Crippen LogP contribution >= 0.6 is 0 Å². The van der Waals surface area contributed by atoms with Crippen LogP contribution in [0, 0.1) is 5.92 Å². The van der Waals surface area contributed by atoms with Crippen molar-refractivity contribution in [2.24, 2.45) is 5.92 Å². The third-order valence-electron chi connectivity index (χ3n) is 4.37. The fourth-order valence-corrected chi connectivity index (χ4v) is 3.16. The van der Waals surface area contributed by atoms with Crippen molar-refractivity contribution in [3.8, 4) is 0 Å². The third-order valence-corrected chi connectivity index (χ3v) is 4.37. The van der Waals surface area contributed by atoms with Crippen LogP contribution in [-0.2, 0) is 11.2 Å². The number of anilines is 1. The predicted molar refractivity (Wildman–Crippen MR) is 79.1 cm³/mol. The summed E-state index contributed by atoms with van der Waals surface area (Å²) >= 11 is 0. The van der Waals surface area contributed by atoms with E-state index >= 15 is 0 Å². The minimum Gasteiger partial charge on any atom is -0.384 e. The first-order chi connectivity index (χ1) is 9.78. The second-order valence-corrected chi connectivity index (χ2v) is 5.74. The molecular weight excluding hydrogens is 252 g/mol. The Kier molecular flexibility index (Phi) is 3.92. The molecule has 1 aromatic rings. The summed E-state index contributed by atoms with van der Waals surface area (Å²) in [6.45, 7) is 3.49. The van der Waals surface area contributed by atoms with Crippen molar-refractivity contribution in [1.29, 1.82) is 0 Å². The Hall–Kier alpha value is -1.55. The number of likely N-dealkylation sites (tertiary alicyclic amines) is 1. The first-order valence-corrected chi connectivity index (χ1v) is 7.43. The number of carbonyl (C=O) groups is 1. The first kappa shape index (κ1) is 13.4. The monoisotopic (exact) mass is 274 g/mol. The Labute approximate surface area is 120 Å². The lowest BCUT2D eigenvalue weighted by atomic mass is 9.97. The largest absolute Gasteiger partial charge is 0.384 e. The lowest BCUT2D eigenvalue weighted by Gasteiger charge is -2.31. The molecule has 2 heterocycles. The molecule has 2 aliphatic heterocycles. The number of nitrogens with zero attached hydrogens (tertiary/aromatic N) is 1. The second kappa shape index (κ2) is 5.83. The molecule has 4 nitrogen and oxygen atoms in total. The zero-order chi connectivity index (χ0) is 13.9. The van der Waals surface area contributed by atoms with Gasteiger partial charge in [0, 0.05) is 44.6 Å². The molecule has 4 heteroatoms. The fraction of sp³-hybridized carbons (Fsp3) is 0.562. The standard InChI is InChI=1S/C16H22N2O2/c1-20-11-12-5-8-18(9-6-12)16(19)14-2-3-15-13(10-14)4-7-17-15/h2-3,10,12,17H,4-9,11H2,1H3. The van der Waals surface area contributed by atoms with Gasteiger partial charge in [0.25, 0.3) is 5.91 Å². The average Bonchev–Trinajstić information content (AvgIpc) is 2.95. The van der Waals surface area contributed by atoms with Crippen molar-refractivity contribution < 1.29 is 9.53 Å². The number of amides is 1. The van der Waals surface area contributed by atoms with Crippen LogP contribution in [0.5, 0.6) is 0 Å². The number of fused-ring (bicyclic) bond motifs is 1. The second-order valence-electron chi connectivity index (χ2n) is 5.74. The molecule has 20 heavy (non-hydrogen) atoms. The average molecular weight is 274 g/mol. The molecule has 0 spiro atoms. The van der Waals surface area contributed by atoms with E-state index in [0.717, 1.165) is 51.1 Å². The number of nitrogens with one attached hydrogen (secondary N) is 1. The zero-order valence-electron chi connectivity index (χ0n) is 12.0. The Bertz CT molecular complexity index is 493. The lowest BCUT2D eigenvalue weighted by Crippen LogP contribution is -2.39. The molecule has 0 saturated carbocycles. The van der Waals surface area contributed by atoms with Crippen LogP contribution in [0.1, 0.15) is 28.8 Å². The van der Waals surface area contributed by atoms with E-state index in [9.17, 15) is 4.79 Å². The molecule has 3 rings (SSSR count). The molecule has 2 aliphatic rings. The number of benzene rings is 1. The van der Waals surface area contributed by atoms with Crippen LogP contribution in [0.2, 0.25) is 0 Å². The van der Waals surface area contributed by atoms with Crippen LogP contribution in [0.3, 0.4) is 0 Å². The van der Waals surface area contributed by atoms with Crippen molar-refractivity contribution in [3.63, 3.8) is 0 Å². The summed E-state index contributed by atoms with van der Waals surface area (Å²) in [5, 5.41) is 3.33. The summed E-state index contributed by atoms with van der Waals surface area (Å²) in [6.07, 6.45) is 3.12. The van der Waals surface area contributed by atoms with Crippen LogP contribution in [0.15, 0.2) is 18.2 Å². The molecule has 0 bridgehead atoms. The summed E-state index contributed by atoms with van der Waals surface area (Å²) in [5.41, 5.74) is 3.28. The van der Waals surface area contributed by atoms with Gasteiger partial charge in [-0.1, -0.05) is 0 Å². The maximum atomic E-state index is 12.5. The summed E-state index contributed by atoms with van der Waals surface area (Å²) in [6, 6.07) is 6.03. The minimum absolute atomic E-state index is 0.176. The molecule has 1 N–H and O–H groups in total. The highest BCUT2D eigenvalue weighted by Crippen LogP contribution is 2.25. The van der Waals surface area contributed by atoms with Gasteiger partial charge in [-0.15, -0.1) is 0 Å². The maximum Gasteiger partial charge on any atom is 0.253 e. The van der Waals surface area contributed by atoms with Crippen molar-refractivity contribution >= 4 is 11.6 Å². The summed E-state index contributed by atoms with van der Waals surface area (Å²) in [4.78, 5) is 14.5. The molecule has 0 radical (unpaired) electrons. The lowest BCUT2D eigenvalue weighted by molar-refractivity contribution is 0.0613. The third kappa shape index (κ3) is 2.66. The Morgan fingerprint density at radius 1 is 1.40 bits per heavy atom. The first-order valence-electron chi connectivity index (χ1n) is 7.43. The highest BCUT2D eigenvalue weighted by atomic mass is 16.5. The molecule has 1 aromatic carbocycles. The Balaban J connectivity index is 1.65. The highest BCUT2D eigenvalue weighted by Gasteiger charge is 2.24. The van der Waals surface area contributed by atoms with Crippen molar-refractivity contribution in [2.75, 3.05) is 38.7 Å². The van der Waals surface area contributed by atoms with Gasteiger partial charge < -0.3 is 15.0 Å². The SMILES string of the molecule is COCC1CCN(C(=O)c2ccc3c(c2)CCN3)CC1. The number of hydrogen-bond acceptors (Lipinski definition) is 3. The van der Waals surface area contributed by atoms with Gasteiger partial charge in [0.2, 0.25) is 0 Å². The molecule has 0 aromatic heterocycles. The van der Waals surface area contributed by atoms with Gasteiger partial charge in [0.1, 0.15) is 0 Å². The normalized spacial score (nSPS) is 18.8. The molecule has 1 fully saturated rings. The fourth-order valence-electron chi connectivity index (χ4n) is 3.16. The zero-order valence-corrected chi connectivity index (χ0v) is 12.0. The van der Waals surface area contributed by atoms with Gasteiger partial charge >= 0.3 is 0 Å². The molecule has 1 amide bonds. The number of piperidine rings is 1. The van der Waals surface area contributed by atoms with E-state index < -0.39 is 0 Å². The molecule has 108 valence electrons. The van der Waals surface area contributed by atoms with Gasteiger partial charge in [-0.05, 0) is 48.9 Å². The van der Waals surface area contributed by atoms with Crippen LogP contribution in [-0.4, -0.2) is 44.2 Å². The summed E-state index contributed by atoms with van der Waals surface area (Å²) in [5.74, 6) is 0.781. The van der Waals surface area contributed by atoms with Gasteiger partial charge in [0.05, 0.1) is 0 Å². The Morgan fingerprint density at radius 2 is 2.20 bits per heavy atom. The quantitative estimate of drug-likeness (QED) is 0.918. The van der Waals surface area contributed by atoms with E-state index in [4.69, 9.17) is 4.74 Å². The van der Waals surface area contributed by atoms with Crippen molar-refractivity contribution in [1.82, 2.24) is 4.90 Å². The highest BCUT2D eigenvalue weighted by molar-refractivity contribution is 5.95. The van der Waals surface area contributed by atoms with Crippen LogP contribution in [0.25, 0.3) is 0 Å². The topological polar surface area (TPSA) is 41.6 Å². The number of rotatable bonds is 3. The Morgan fingerprint density at radius 3 is 2.95 bits per heavy atom. The molecular formula is C16H22N2O2. The number of methoxy groups -OCH3 is 1. The number of carbonyl (C=O) groups excluding carboxylic acids is 1. The number of hydrogen-bond donors (Lipinski definition) is 1. The van der Waals surface area contributed by atoms with Crippen LogP contribution < -0.4 is 5.32 Å². The van der Waals surface area contributed by atoms with E-state index in [2.05, 4.69) is 11.4 Å².